The summed E-state index contributed by atoms with van der Waals surface area (Å²) in [5.41, 5.74) is 4.36. The molecule has 0 aliphatic heterocycles. The monoisotopic (exact) mass is 396 g/mol. The van der Waals surface area contributed by atoms with Gasteiger partial charge in [-0.3, -0.25) is 4.79 Å². The summed E-state index contributed by atoms with van der Waals surface area (Å²) in [5.74, 6) is 0.371. The molecule has 0 heterocycles. The summed E-state index contributed by atoms with van der Waals surface area (Å²) in [6, 6.07) is 19.7. The van der Waals surface area contributed by atoms with Crippen LogP contribution >= 0.6 is 15.9 Å². The summed E-state index contributed by atoms with van der Waals surface area (Å²) in [7, 11) is 0. The molecule has 0 saturated carbocycles. The first-order valence-electron chi connectivity index (χ1n) is 7.81. The molecule has 0 unspecified atom stereocenters. The number of nitrogens with one attached hydrogen (secondary N) is 1. The van der Waals surface area contributed by atoms with Crippen LogP contribution in [0.4, 0.5) is 0 Å². The fourth-order valence-corrected chi connectivity index (χ4v) is 2.89. The van der Waals surface area contributed by atoms with Crippen LogP contribution in [0.15, 0.2) is 70.2 Å². The van der Waals surface area contributed by atoms with Gasteiger partial charge in [0.15, 0.2) is 6.61 Å². The van der Waals surface area contributed by atoms with Gasteiger partial charge in [0.05, 0.1) is 6.21 Å². The quantitative estimate of drug-likeness (QED) is 0.511. The van der Waals surface area contributed by atoms with Crippen LogP contribution in [0.2, 0.25) is 0 Å². The normalized spacial score (nSPS) is 11.0. The van der Waals surface area contributed by atoms with Crippen molar-refractivity contribution in [3.8, 4) is 5.75 Å². The predicted molar refractivity (Wildman–Crippen MR) is 104 cm³/mol. The van der Waals surface area contributed by atoms with Gasteiger partial charge in [-0.1, -0.05) is 52.3 Å². The van der Waals surface area contributed by atoms with Crippen molar-refractivity contribution in [2.45, 2.75) is 6.92 Å². The molecular weight excluding hydrogens is 380 g/mol. The number of nitrogens with zero attached hydrogens (tertiary/aromatic N) is 1. The highest BCUT2D eigenvalue weighted by molar-refractivity contribution is 9.10. The van der Waals surface area contributed by atoms with Crippen molar-refractivity contribution in [2.24, 2.45) is 5.10 Å². The van der Waals surface area contributed by atoms with Crippen LogP contribution in [0.25, 0.3) is 10.8 Å². The largest absolute Gasteiger partial charge is 0.483 e. The van der Waals surface area contributed by atoms with Crippen molar-refractivity contribution in [1.29, 1.82) is 0 Å². The summed E-state index contributed by atoms with van der Waals surface area (Å²) in [6.07, 6.45) is 1.62. The highest BCUT2D eigenvalue weighted by Crippen LogP contribution is 2.22. The number of rotatable bonds is 5. The van der Waals surface area contributed by atoms with E-state index in [1.165, 1.54) is 5.39 Å². The predicted octanol–water partition coefficient (Wildman–Crippen LogP) is 4.44. The molecule has 0 aliphatic carbocycles. The van der Waals surface area contributed by atoms with Crippen LogP contribution in [0.3, 0.4) is 0 Å². The Labute approximate surface area is 154 Å². The molecule has 126 valence electrons. The van der Waals surface area contributed by atoms with E-state index in [9.17, 15) is 4.79 Å². The number of ether oxygens (including phenoxy) is 1. The van der Waals surface area contributed by atoms with Crippen LogP contribution in [-0.4, -0.2) is 18.7 Å². The SMILES string of the molecule is Cc1cc(Br)ccc1OCC(=O)N/N=C/c1ccc2ccccc2c1. The Morgan fingerprint density at radius 3 is 2.72 bits per heavy atom. The molecule has 0 aromatic heterocycles. The molecule has 0 aliphatic rings. The number of carbonyl (C=O) groups excluding carboxylic acids is 1. The Kier molecular flexibility index (Phi) is 5.46. The highest BCUT2D eigenvalue weighted by atomic mass is 79.9. The van der Waals surface area contributed by atoms with Gasteiger partial charge >= 0.3 is 0 Å². The molecule has 3 aromatic carbocycles. The van der Waals surface area contributed by atoms with E-state index in [-0.39, 0.29) is 12.5 Å². The first-order chi connectivity index (χ1) is 12.1. The molecule has 0 radical (unpaired) electrons. The highest BCUT2D eigenvalue weighted by Gasteiger charge is 2.04. The number of amides is 1. The fraction of sp³-hybridized carbons (Fsp3) is 0.100. The van der Waals surface area contributed by atoms with E-state index in [4.69, 9.17) is 4.74 Å². The first kappa shape index (κ1) is 17.2. The summed E-state index contributed by atoms with van der Waals surface area (Å²) >= 11 is 3.39. The minimum atomic E-state index is -0.306. The van der Waals surface area contributed by atoms with E-state index < -0.39 is 0 Å². The maximum Gasteiger partial charge on any atom is 0.277 e. The lowest BCUT2D eigenvalue weighted by atomic mass is 10.1. The van der Waals surface area contributed by atoms with Gasteiger partial charge in [-0.05, 0) is 53.1 Å². The zero-order valence-corrected chi connectivity index (χ0v) is 15.3. The second-order valence-corrected chi connectivity index (χ2v) is 6.51. The van der Waals surface area contributed by atoms with E-state index in [1.807, 2.05) is 61.5 Å². The van der Waals surface area contributed by atoms with E-state index in [1.54, 1.807) is 6.21 Å². The molecule has 1 N–H and O–H groups in total. The third-order valence-corrected chi connectivity index (χ3v) is 4.17. The van der Waals surface area contributed by atoms with Crippen molar-refractivity contribution >= 4 is 38.8 Å². The average molecular weight is 397 g/mol. The molecule has 0 spiro atoms. The van der Waals surface area contributed by atoms with E-state index in [0.717, 1.165) is 21.0 Å². The number of halogens is 1. The minimum absolute atomic E-state index is 0.0858. The molecule has 1 amide bonds. The minimum Gasteiger partial charge on any atom is -0.483 e. The molecule has 0 bridgehead atoms. The Bertz CT molecular complexity index is 938. The van der Waals surface area contributed by atoms with Crippen molar-refractivity contribution in [2.75, 3.05) is 6.61 Å². The maximum absolute atomic E-state index is 11.8. The van der Waals surface area contributed by atoms with Crippen LogP contribution < -0.4 is 10.2 Å². The Hall–Kier alpha value is -2.66. The Morgan fingerprint density at radius 2 is 1.92 bits per heavy atom. The lowest BCUT2D eigenvalue weighted by molar-refractivity contribution is -0.123. The standard InChI is InChI=1S/C20H17BrN2O2/c1-14-10-18(21)8-9-19(14)25-13-20(24)23-22-12-15-6-7-16-4-2-3-5-17(16)11-15/h2-12H,13H2,1H3,(H,23,24)/b22-12+. The summed E-state index contributed by atoms with van der Waals surface area (Å²) in [4.78, 5) is 11.8. The number of hydrogen-bond acceptors (Lipinski definition) is 3. The van der Waals surface area contributed by atoms with Gasteiger partial charge in [-0.2, -0.15) is 5.10 Å². The molecule has 25 heavy (non-hydrogen) atoms. The van der Waals surface area contributed by atoms with Crippen LogP contribution in [0.1, 0.15) is 11.1 Å². The lowest BCUT2D eigenvalue weighted by Crippen LogP contribution is -2.24. The van der Waals surface area contributed by atoms with Crippen molar-refractivity contribution in [1.82, 2.24) is 5.43 Å². The van der Waals surface area contributed by atoms with E-state index in [2.05, 4.69) is 32.5 Å². The molecule has 0 fully saturated rings. The van der Waals surface area contributed by atoms with Gasteiger partial charge < -0.3 is 4.74 Å². The van der Waals surface area contributed by atoms with Crippen LogP contribution in [0, 0.1) is 6.92 Å². The smallest absolute Gasteiger partial charge is 0.277 e. The van der Waals surface area contributed by atoms with Gasteiger partial charge in [-0.25, -0.2) is 5.43 Å². The zero-order chi connectivity index (χ0) is 17.6. The molecule has 5 heteroatoms. The van der Waals surface area contributed by atoms with Crippen LogP contribution in [-0.2, 0) is 4.79 Å². The van der Waals surface area contributed by atoms with Gasteiger partial charge in [-0.15, -0.1) is 0 Å². The number of aryl methyl sites for hydroxylation is 1. The molecule has 3 rings (SSSR count). The van der Waals surface area contributed by atoms with Gasteiger partial charge in [0.25, 0.3) is 5.91 Å². The topological polar surface area (TPSA) is 50.7 Å². The van der Waals surface area contributed by atoms with Gasteiger partial charge in [0.1, 0.15) is 5.75 Å². The molecule has 3 aromatic rings. The average Bonchev–Trinajstić information content (AvgIpc) is 2.61. The number of hydrazone groups is 1. The van der Waals surface area contributed by atoms with Crippen molar-refractivity contribution in [3.05, 3.63) is 76.3 Å². The molecular formula is C20H17BrN2O2. The van der Waals surface area contributed by atoms with E-state index in [0.29, 0.717) is 5.75 Å². The summed E-state index contributed by atoms with van der Waals surface area (Å²) < 4.78 is 6.48. The summed E-state index contributed by atoms with van der Waals surface area (Å²) in [6.45, 7) is 1.84. The maximum atomic E-state index is 11.8. The summed E-state index contributed by atoms with van der Waals surface area (Å²) in [5, 5.41) is 6.28. The van der Waals surface area contributed by atoms with E-state index >= 15 is 0 Å². The van der Waals surface area contributed by atoms with Crippen molar-refractivity contribution in [3.63, 3.8) is 0 Å². The number of fused-ring (bicyclic) bond motifs is 1. The van der Waals surface area contributed by atoms with Crippen LogP contribution in [0.5, 0.6) is 5.75 Å². The number of carbonyl (C=O) groups is 1. The molecule has 0 atom stereocenters. The second-order valence-electron chi connectivity index (χ2n) is 5.60. The fourth-order valence-electron chi connectivity index (χ4n) is 2.42. The lowest BCUT2D eigenvalue weighted by Gasteiger charge is -2.08. The van der Waals surface area contributed by atoms with Gasteiger partial charge in [0.2, 0.25) is 0 Å². The number of hydrogen-bond donors (Lipinski definition) is 1. The molecule has 4 nitrogen and oxygen atoms in total. The third-order valence-electron chi connectivity index (χ3n) is 3.67. The second kappa shape index (κ2) is 7.94. The van der Waals surface area contributed by atoms with Gasteiger partial charge in [0, 0.05) is 4.47 Å². The Balaban J connectivity index is 1.54. The Morgan fingerprint density at radius 1 is 1.12 bits per heavy atom. The van der Waals surface area contributed by atoms with Crippen molar-refractivity contribution < 1.29 is 9.53 Å². The number of benzene rings is 3. The first-order valence-corrected chi connectivity index (χ1v) is 8.61. The third kappa shape index (κ3) is 4.67. The zero-order valence-electron chi connectivity index (χ0n) is 13.7. The molecule has 0 saturated heterocycles.